The van der Waals surface area contributed by atoms with Crippen LogP contribution in [0.1, 0.15) is 58.3 Å². The van der Waals surface area contributed by atoms with E-state index in [2.05, 4.69) is 6.92 Å². The Morgan fingerprint density at radius 1 is 0.833 bits per heavy atom. The smallest absolute Gasteiger partial charge is 0.308 e. The van der Waals surface area contributed by atoms with Crippen molar-refractivity contribution in [2.45, 2.75) is 94.6 Å². The Hall–Kier alpha value is -0.770. The zero-order chi connectivity index (χ0) is 18.3. The van der Waals surface area contributed by atoms with Crippen LogP contribution in [0.4, 0.5) is 0 Å². The third-order valence-electron chi connectivity index (χ3n) is 4.46. The number of hydrogen-bond acceptors (Lipinski definition) is 8. The second-order valence-corrected chi connectivity index (χ2v) is 6.46. The van der Waals surface area contributed by atoms with E-state index in [-0.39, 0.29) is 6.42 Å². The molecule has 0 aliphatic heterocycles. The number of aliphatic hydroxyl groups excluding tert-OH is 5. The minimum atomic E-state index is -2.86. The molecule has 1 fully saturated rings. The summed E-state index contributed by atoms with van der Waals surface area (Å²) < 4.78 is 4.72. The number of rotatable bonds is 9. The summed E-state index contributed by atoms with van der Waals surface area (Å²) >= 11 is 0. The van der Waals surface area contributed by atoms with Gasteiger partial charge in [-0.15, -0.1) is 0 Å². The van der Waals surface area contributed by atoms with Gasteiger partial charge in [0, 0.05) is 6.42 Å². The van der Waals surface area contributed by atoms with Crippen LogP contribution in [0.5, 0.6) is 0 Å². The molecule has 6 N–H and O–H groups in total. The first kappa shape index (κ1) is 21.3. The Labute approximate surface area is 141 Å². The predicted octanol–water partition coefficient (Wildman–Crippen LogP) is -0.823. The number of ether oxygens (including phenoxy) is 1. The molecule has 0 heterocycles. The highest BCUT2D eigenvalue weighted by atomic mass is 16.7. The molecule has 0 radical (unpaired) electrons. The zero-order valence-electron chi connectivity index (χ0n) is 14.0. The van der Waals surface area contributed by atoms with E-state index < -0.39 is 42.3 Å². The monoisotopic (exact) mass is 350 g/mol. The van der Waals surface area contributed by atoms with Crippen molar-refractivity contribution < 1.29 is 40.2 Å². The van der Waals surface area contributed by atoms with Crippen molar-refractivity contribution in [2.24, 2.45) is 0 Å². The number of aliphatic hydroxyl groups is 6. The van der Waals surface area contributed by atoms with E-state index in [1.54, 1.807) is 0 Å². The summed E-state index contributed by atoms with van der Waals surface area (Å²) in [6.45, 7) is 2.13. The minimum absolute atomic E-state index is 0.0235. The summed E-state index contributed by atoms with van der Waals surface area (Å²) in [7, 11) is 0. The highest BCUT2D eigenvalue weighted by molar-refractivity contribution is 5.69. The van der Waals surface area contributed by atoms with Crippen LogP contribution in [0.25, 0.3) is 0 Å². The topological polar surface area (TPSA) is 148 Å². The van der Waals surface area contributed by atoms with Crippen molar-refractivity contribution >= 4 is 5.97 Å². The van der Waals surface area contributed by atoms with E-state index in [4.69, 9.17) is 4.74 Å². The number of unbranched alkanes of at least 4 members (excludes halogenated alkanes) is 6. The molecule has 0 saturated heterocycles. The summed E-state index contributed by atoms with van der Waals surface area (Å²) in [6, 6.07) is 0. The van der Waals surface area contributed by atoms with E-state index in [0.29, 0.717) is 6.42 Å². The fraction of sp³-hybridized carbons (Fsp3) is 0.938. The van der Waals surface area contributed by atoms with Crippen LogP contribution < -0.4 is 0 Å². The summed E-state index contributed by atoms with van der Waals surface area (Å²) in [5, 5.41) is 58.3. The van der Waals surface area contributed by atoms with Crippen LogP contribution in [0, 0.1) is 0 Å². The SMILES string of the molecule is CCCCCCCCCC(=O)OC1(O)[C@H](O)[C@H](O)C(O)[C@H](O)[C@H]1O. The lowest BCUT2D eigenvalue weighted by Crippen LogP contribution is -2.72. The number of carbonyl (C=O) groups is 1. The molecule has 8 nitrogen and oxygen atoms in total. The maximum Gasteiger partial charge on any atom is 0.308 e. The number of esters is 1. The lowest BCUT2D eigenvalue weighted by molar-refractivity contribution is -0.347. The quantitative estimate of drug-likeness (QED) is 0.179. The normalized spacial score (nSPS) is 36.5. The second-order valence-electron chi connectivity index (χ2n) is 6.46. The molecule has 6 atom stereocenters. The molecule has 0 aromatic rings. The van der Waals surface area contributed by atoms with Gasteiger partial charge in [0.15, 0.2) is 12.2 Å². The van der Waals surface area contributed by atoms with Crippen molar-refractivity contribution in [3.05, 3.63) is 0 Å². The van der Waals surface area contributed by atoms with Crippen LogP contribution >= 0.6 is 0 Å². The van der Waals surface area contributed by atoms with Gasteiger partial charge in [0.05, 0.1) is 0 Å². The van der Waals surface area contributed by atoms with Crippen LogP contribution in [-0.4, -0.2) is 72.9 Å². The van der Waals surface area contributed by atoms with Crippen molar-refractivity contribution in [3.63, 3.8) is 0 Å². The van der Waals surface area contributed by atoms with Gasteiger partial charge in [0.2, 0.25) is 0 Å². The molecule has 0 spiro atoms. The summed E-state index contributed by atoms with van der Waals surface area (Å²) in [6.07, 6.45) is -3.19. The Kier molecular flexibility index (Phi) is 8.55. The first-order valence-electron chi connectivity index (χ1n) is 8.60. The summed E-state index contributed by atoms with van der Waals surface area (Å²) in [5.74, 6) is -3.73. The van der Waals surface area contributed by atoms with E-state index in [1.165, 1.54) is 6.42 Å². The fourth-order valence-corrected chi connectivity index (χ4v) is 2.82. The molecule has 2 unspecified atom stereocenters. The first-order valence-corrected chi connectivity index (χ1v) is 8.60. The third-order valence-corrected chi connectivity index (χ3v) is 4.46. The Bertz CT molecular complexity index is 372. The van der Waals surface area contributed by atoms with Gasteiger partial charge in [-0.1, -0.05) is 45.4 Å². The summed E-state index contributed by atoms with van der Waals surface area (Å²) in [4.78, 5) is 11.8. The largest absolute Gasteiger partial charge is 0.427 e. The minimum Gasteiger partial charge on any atom is -0.427 e. The zero-order valence-corrected chi connectivity index (χ0v) is 14.0. The molecule has 1 rings (SSSR count). The van der Waals surface area contributed by atoms with Gasteiger partial charge in [0.25, 0.3) is 5.79 Å². The van der Waals surface area contributed by atoms with E-state index in [9.17, 15) is 35.4 Å². The van der Waals surface area contributed by atoms with Crippen LogP contribution in [0.15, 0.2) is 0 Å². The van der Waals surface area contributed by atoms with E-state index >= 15 is 0 Å². The van der Waals surface area contributed by atoms with Gasteiger partial charge in [-0.2, -0.15) is 0 Å². The molecule has 0 aromatic carbocycles. The van der Waals surface area contributed by atoms with Gasteiger partial charge >= 0.3 is 5.97 Å². The molecule has 24 heavy (non-hydrogen) atoms. The molecular weight excluding hydrogens is 320 g/mol. The molecule has 0 aromatic heterocycles. The first-order chi connectivity index (χ1) is 11.3. The Balaban J connectivity index is 2.44. The summed E-state index contributed by atoms with van der Waals surface area (Å²) in [5.41, 5.74) is 0. The number of carbonyl (C=O) groups excluding carboxylic acids is 1. The maximum atomic E-state index is 11.8. The Morgan fingerprint density at radius 2 is 1.29 bits per heavy atom. The van der Waals surface area contributed by atoms with Crippen LogP contribution in [0.3, 0.4) is 0 Å². The molecule has 0 amide bonds. The second kappa shape index (κ2) is 9.65. The number of hydrogen-bond donors (Lipinski definition) is 6. The van der Waals surface area contributed by atoms with Crippen molar-refractivity contribution in [3.8, 4) is 0 Å². The van der Waals surface area contributed by atoms with Crippen molar-refractivity contribution in [1.29, 1.82) is 0 Å². The standard InChI is InChI=1S/C16H30O8/c1-2-3-4-5-6-7-8-9-10(17)24-16(23)14(21)12(19)11(18)13(20)15(16)22/h11-15,18-23H,2-9H2,1H3/t11?,12-,13+,14-,15-,16?/m1/s1. The van der Waals surface area contributed by atoms with Crippen LogP contribution in [-0.2, 0) is 9.53 Å². The van der Waals surface area contributed by atoms with Crippen molar-refractivity contribution in [2.75, 3.05) is 0 Å². The third kappa shape index (κ3) is 5.11. The van der Waals surface area contributed by atoms with Gasteiger partial charge in [-0.25, -0.2) is 0 Å². The van der Waals surface area contributed by atoms with E-state index in [0.717, 1.165) is 32.1 Å². The predicted molar refractivity (Wildman–Crippen MR) is 83.7 cm³/mol. The van der Waals surface area contributed by atoms with Gasteiger partial charge in [-0.3, -0.25) is 4.79 Å². The highest BCUT2D eigenvalue weighted by Gasteiger charge is 2.60. The molecule has 8 heteroatoms. The van der Waals surface area contributed by atoms with Gasteiger partial charge < -0.3 is 35.4 Å². The fourth-order valence-electron chi connectivity index (χ4n) is 2.82. The maximum absolute atomic E-state index is 11.8. The highest BCUT2D eigenvalue weighted by Crippen LogP contribution is 2.32. The molecule has 142 valence electrons. The van der Waals surface area contributed by atoms with Crippen molar-refractivity contribution in [1.82, 2.24) is 0 Å². The molecule has 1 saturated carbocycles. The lowest BCUT2D eigenvalue weighted by Gasteiger charge is -2.46. The van der Waals surface area contributed by atoms with Gasteiger partial charge in [0.1, 0.15) is 18.3 Å². The van der Waals surface area contributed by atoms with Gasteiger partial charge in [-0.05, 0) is 6.42 Å². The molecular formula is C16H30O8. The van der Waals surface area contributed by atoms with Crippen LogP contribution in [0.2, 0.25) is 0 Å². The molecule has 1 aliphatic carbocycles. The molecule has 1 aliphatic rings. The molecule has 0 bridgehead atoms. The van der Waals surface area contributed by atoms with E-state index in [1.807, 2.05) is 0 Å². The average Bonchev–Trinajstić information content (AvgIpc) is 2.56. The average molecular weight is 350 g/mol. The lowest BCUT2D eigenvalue weighted by atomic mass is 9.82. The Morgan fingerprint density at radius 3 is 1.79 bits per heavy atom.